The van der Waals surface area contributed by atoms with E-state index in [1.165, 1.54) is 44.1 Å². The van der Waals surface area contributed by atoms with Crippen LogP contribution in [0.2, 0.25) is 0 Å². The lowest BCUT2D eigenvalue weighted by molar-refractivity contribution is -0.123. The van der Waals surface area contributed by atoms with Crippen molar-refractivity contribution in [2.75, 3.05) is 13.1 Å². The Labute approximate surface area is 140 Å². The van der Waals surface area contributed by atoms with E-state index in [2.05, 4.69) is 54.4 Å². The molecule has 0 atom stereocenters. The van der Waals surface area contributed by atoms with Gasteiger partial charge in [0.25, 0.3) is 0 Å². The fraction of sp³-hybridized carbons (Fsp3) is 0.650. The van der Waals surface area contributed by atoms with Crippen LogP contribution in [-0.2, 0) is 10.2 Å². The van der Waals surface area contributed by atoms with Gasteiger partial charge in [0, 0.05) is 24.0 Å². The van der Waals surface area contributed by atoms with Crippen molar-refractivity contribution in [3.63, 3.8) is 0 Å². The highest BCUT2D eigenvalue weighted by atomic mass is 16.2. The third kappa shape index (κ3) is 3.95. The molecule has 126 valence electrons. The Bertz CT molecular complexity index is 516. The number of carbonyl (C=O) groups excluding carboxylic acids is 1. The van der Waals surface area contributed by atoms with Crippen LogP contribution in [0.25, 0.3) is 0 Å². The van der Waals surface area contributed by atoms with Crippen LogP contribution in [-0.4, -0.2) is 36.0 Å². The third-order valence-corrected chi connectivity index (χ3v) is 5.65. The smallest absolute Gasteiger partial charge is 0.234 e. The van der Waals surface area contributed by atoms with E-state index in [1.807, 2.05) is 0 Å². The first-order valence-corrected chi connectivity index (χ1v) is 9.19. The lowest BCUT2D eigenvalue weighted by atomic mass is 9.96. The van der Waals surface area contributed by atoms with Crippen LogP contribution < -0.4 is 5.32 Å². The second kappa shape index (κ2) is 7.04. The van der Waals surface area contributed by atoms with Crippen molar-refractivity contribution in [3.8, 4) is 0 Å². The first-order valence-electron chi connectivity index (χ1n) is 9.19. The van der Waals surface area contributed by atoms with Gasteiger partial charge in [0.1, 0.15) is 0 Å². The van der Waals surface area contributed by atoms with Crippen molar-refractivity contribution >= 4 is 5.91 Å². The van der Waals surface area contributed by atoms with Crippen LogP contribution >= 0.6 is 0 Å². The van der Waals surface area contributed by atoms with E-state index in [4.69, 9.17) is 0 Å². The molecule has 23 heavy (non-hydrogen) atoms. The topological polar surface area (TPSA) is 32.3 Å². The molecule has 0 radical (unpaired) electrons. The molecule has 0 unspecified atom stereocenters. The molecule has 2 aliphatic carbocycles. The Morgan fingerprint density at radius 2 is 1.87 bits per heavy atom. The molecule has 0 aromatic heterocycles. The van der Waals surface area contributed by atoms with E-state index >= 15 is 0 Å². The van der Waals surface area contributed by atoms with Crippen molar-refractivity contribution in [1.29, 1.82) is 0 Å². The zero-order chi connectivity index (χ0) is 16.3. The van der Waals surface area contributed by atoms with E-state index < -0.39 is 0 Å². The van der Waals surface area contributed by atoms with E-state index in [9.17, 15) is 4.79 Å². The van der Waals surface area contributed by atoms with Crippen LogP contribution in [0.3, 0.4) is 0 Å². The van der Waals surface area contributed by atoms with Gasteiger partial charge in [0.2, 0.25) is 5.91 Å². The Kier molecular flexibility index (Phi) is 5.05. The minimum atomic E-state index is 0.188. The molecule has 3 nitrogen and oxygen atoms in total. The maximum absolute atomic E-state index is 12.5. The summed E-state index contributed by atoms with van der Waals surface area (Å²) in [6.45, 7) is 5.75. The van der Waals surface area contributed by atoms with Gasteiger partial charge in [-0.3, -0.25) is 9.69 Å². The lowest BCUT2D eigenvalue weighted by Crippen LogP contribution is -2.46. The number of carbonyl (C=O) groups is 1. The number of nitrogens with zero attached hydrogens (tertiary/aromatic N) is 1. The summed E-state index contributed by atoms with van der Waals surface area (Å²) in [5, 5.41) is 3.21. The Morgan fingerprint density at radius 1 is 1.22 bits per heavy atom. The highest BCUT2D eigenvalue weighted by Crippen LogP contribution is 2.47. The highest BCUT2D eigenvalue weighted by molar-refractivity contribution is 5.78. The van der Waals surface area contributed by atoms with E-state index in [0.717, 1.165) is 6.54 Å². The van der Waals surface area contributed by atoms with E-state index in [0.29, 0.717) is 18.6 Å². The largest absolute Gasteiger partial charge is 0.354 e. The van der Waals surface area contributed by atoms with Crippen molar-refractivity contribution in [2.24, 2.45) is 0 Å². The molecule has 1 N–H and O–H groups in total. The predicted molar refractivity (Wildman–Crippen MR) is 94.5 cm³/mol. The van der Waals surface area contributed by atoms with Gasteiger partial charge in [-0.2, -0.15) is 0 Å². The van der Waals surface area contributed by atoms with Gasteiger partial charge in [-0.25, -0.2) is 0 Å². The maximum atomic E-state index is 12.5. The minimum absolute atomic E-state index is 0.188. The molecule has 0 spiro atoms. The second-order valence-corrected chi connectivity index (χ2v) is 7.63. The number of rotatable bonds is 7. The van der Waals surface area contributed by atoms with E-state index in [-0.39, 0.29) is 11.3 Å². The SMILES string of the molecule is CC(C)N(CC(=O)NCC1(c2ccccc2)CC1)C1CCCC1. The average molecular weight is 314 g/mol. The Hall–Kier alpha value is -1.35. The Morgan fingerprint density at radius 3 is 2.43 bits per heavy atom. The molecule has 3 heteroatoms. The molecule has 1 amide bonds. The predicted octanol–water partition coefficient (Wildman–Crippen LogP) is 3.49. The molecule has 0 saturated heterocycles. The van der Waals surface area contributed by atoms with Gasteiger partial charge in [-0.15, -0.1) is 0 Å². The van der Waals surface area contributed by atoms with Crippen molar-refractivity contribution in [1.82, 2.24) is 10.2 Å². The minimum Gasteiger partial charge on any atom is -0.354 e. The standard InChI is InChI=1S/C20H30N2O/c1-16(2)22(18-10-6-7-11-18)14-19(23)21-15-20(12-13-20)17-8-4-3-5-9-17/h3-5,8-9,16,18H,6-7,10-15H2,1-2H3,(H,21,23). The number of hydrogen-bond donors (Lipinski definition) is 1. The summed E-state index contributed by atoms with van der Waals surface area (Å²) in [5.41, 5.74) is 1.57. The molecular formula is C20H30N2O. The third-order valence-electron chi connectivity index (χ3n) is 5.65. The summed E-state index contributed by atoms with van der Waals surface area (Å²) in [6.07, 6.45) is 7.50. The van der Waals surface area contributed by atoms with Crippen LogP contribution in [0.1, 0.15) is 57.9 Å². The average Bonchev–Trinajstić information content (AvgIpc) is 3.16. The van der Waals surface area contributed by atoms with Gasteiger partial charge < -0.3 is 5.32 Å². The first kappa shape index (κ1) is 16.5. The summed E-state index contributed by atoms with van der Waals surface area (Å²) in [4.78, 5) is 14.9. The van der Waals surface area contributed by atoms with E-state index in [1.54, 1.807) is 0 Å². The second-order valence-electron chi connectivity index (χ2n) is 7.63. The van der Waals surface area contributed by atoms with Crippen LogP contribution in [0.5, 0.6) is 0 Å². The van der Waals surface area contributed by atoms with Gasteiger partial charge in [0.05, 0.1) is 6.54 Å². The summed E-state index contributed by atoms with van der Waals surface area (Å²) >= 11 is 0. The Balaban J connectivity index is 1.53. The summed E-state index contributed by atoms with van der Waals surface area (Å²) in [6, 6.07) is 11.7. The van der Waals surface area contributed by atoms with Crippen LogP contribution in [0, 0.1) is 0 Å². The molecule has 0 heterocycles. The number of hydrogen-bond acceptors (Lipinski definition) is 2. The quantitative estimate of drug-likeness (QED) is 0.835. The van der Waals surface area contributed by atoms with Crippen LogP contribution in [0.15, 0.2) is 30.3 Å². The lowest BCUT2D eigenvalue weighted by Gasteiger charge is -2.32. The monoisotopic (exact) mass is 314 g/mol. The molecule has 3 rings (SSSR count). The molecule has 1 aromatic carbocycles. The van der Waals surface area contributed by atoms with Crippen molar-refractivity contribution in [2.45, 2.75) is 69.9 Å². The fourth-order valence-corrected chi connectivity index (χ4v) is 3.97. The molecule has 2 saturated carbocycles. The summed E-state index contributed by atoms with van der Waals surface area (Å²) in [7, 11) is 0. The fourth-order valence-electron chi connectivity index (χ4n) is 3.97. The molecule has 0 bridgehead atoms. The van der Waals surface area contributed by atoms with Gasteiger partial charge in [-0.1, -0.05) is 43.2 Å². The zero-order valence-corrected chi connectivity index (χ0v) is 14.6. The first-order chi connectivity index (χ1) is 11.1. The van der Waals surface area contributed by atoms with Gasteiger partial charge in [0.15, 0.2) is 0 Å². The number of nitrogens with one attached hydrogen (secondary N) is 1. The summed E-state index contributed by atoms with van der Waals surface area (Å²) in [5.74, 6) is 0.188. The molecule has 1 aromatic rings. The molecule has 0 aliphatic heterocycles. The number of benzene rings is 1. The van der Waals surface area contributed by atoms with Crippen molar-refractivity contribution in [3.05, 3.63) is 35.9 Å². The van der Waals surface area contributed by atoms with Crippen LogP contribution in [0.4, 0.5) is 0 Å². The normalized spacial score (nSPS) is 20.2. The van der Waals surface area contributed by atoms with Gasteiger partial charge >= 0.3 is 0 Å². The molecular weight excluding hydrogens is 284 g/mol. The number of amides is 1. The van der Waals surface area contributed by atoms with Gasteiger partial charge in [-0.05, 0) is 45.1 Å². The summed E-state index contributed by atoms with van der Waals surface area (Å²) < 4.78 is 0. The zero-order valence-electron chi connectivity index (χ0n) is 14.6. The molecule has 2 fully saturated rings. The molecule has 2 aliphatic rings. The highest BCUT2D eigenvalue weighted by Gasteiger charge is 2.44. The maximum Gasteiger partial charge on any atom is 0.234 e. The van der Waals surface area contributed by atoms with Crippen molar-refractivity contribution < 1.29 is 4.79 Å².